The van der Waals surface area contributed by atoms with E-state index >= 15 is 0 Å². The number of likely N-dealkylation sites (tertiary alicyclic amines) is 1. The van der Waals surface area contributed by atoms with Crippen molar-refractivity contribution in [3.05, 3.63) is 47.2 Å². The maximum absolute atomic E-state index is 12.5. The van der Waals surface area contributed by atoms with Crippen molar-refractivity contribution in [3.63, 3.8) is 0 Å². The molecule has 1 aliphatic heterocycles. The number of hydrogen-bond donors (Lipinski definition) is 2. The van der Waals surface area contributed by atoms with Gasteiger partial charge in [0.2, 0.25) is 0 Å². The van der Waals surface area contributed by atoms with E-state index in [2.05, 4.69) is 0 Å². The van der Waals surface area contributed by atoms with Crippen LogP contribution in [0.4, 0.5) is 0 Å². The van der Waals surface area contributed by atoms with Crippen LogP contribution in [0.1, 0.15) is 23.4 Å². The lowest BCUT2D eigenvalue weighted by Gasteiger charge is -2.34. The highest BCUT2D eigenvalue weighted by Gasteiger charge is 2.40. The predicted molar refractivity (Wildman–Crippen MR) is 86.9 cm³/mol. The molecular weight excluding hydrogens is 334 g/mol. The molecule has 0 spiro atoms. The van der Waals surface area contributed by atoms with Crippen LogP contribution < -0.4 is 0 Å². The van der Waals surface area contributed by atoms with Gasteiger partial charge in [-0.1, -0.05) is 23.7 Å². The smallest absolute Gasteiger partial charge is 0.335 e. The van der Waals surface area contributed by atoms with E-state index in [0.717, 1.165) is 0 Å². The molecule has 0 radical (unpaired) electrons. The molecule has 0 atom stereocenters. The van der Waals surface area contributed by atoms with Crippen LogP contribution in [-0.2, 0) is 4.79 Å². The Bertz CT molecular complexity index is 777. The maximum Gasteiger partial charge on any atom is 0.335 e. The number of amides is 1. The molecule has 1 amide bonds. The first-order valence-corrected chi connectivity index (χ1v) is 7.88. The van der Waals surface area contributed by atoms with Gasteiger partial charge in [-0.3, -0.25) is 4.79 Å². The number of aliphatic carboxylic acids is 1. The Morgan fingerprint density at radius 3 is 2.42 bits per heavy atom. The van der Waals surface area contributed by atoms with Gasteiger partial charge in [-0.05, 0) is 24.3 Å². The molecule has 2 heterocycles. The first kappa shape index (κ1) is 16.5. The monoisotopic (exact) mass is 349 g/mol. The number of carbonyl (C=O) groups excluding carboxylic acids is 1. The molecule has 1 aliphatic rings. The minimum atomic E-state index is -1.76. The zero-order chi connectivity index (χ0) is 17.3. The lowest BCUT2D eigenvalue weighted by molar-refractivity contribution is -0.162. The summed E-state index contributed by atoms with van der Waals surface area (Å²) in [7, 11) is 0. The molecule has 126 valence electrons. The van der Waals surface area contributed by atoms with Gasteiger partial charge >= 0.3 is 5.97 Å². The summed E-state index contributed by atoms with van der Waals surface area (Å²) in [5, 5.41) is 19.5. The van der Waals surface area contributed by atoms with Gasteiger partial charge in [0.25, 0.3) is 5.91 Å². The summed E-state index contributed by atoms with van der Waals surface area (Å²) in [6.07, 6.45) is -0.0156. The highest BCUT2D eigenvalue weighted by molar-refractivity contribution is 6.33. The van der Waals surface area contributed by atoms with E-state index in [1.54, 1.807) is 30.3 Å². The van der Waals surface area contributed by atoms with E-state index in [4.69, 9.17) is 21.1 Å². The summed E-state index contributed by atoms with van der Waals surface area (Å²) in [4.78, 5) is 25.0. The molecule has 1 aromatic carbocycles. The molecule has 2 aromatic rings. The molecule has 1 aromatic heterocycles. The normalized spacial score (nSPS) is 16.8. The fraction of sp³-hybridized carbons (Fsp3) is 0.294. The first-order valence-electron chi connectivity index (χ1n) is 7.50. The van der Waals surface area contributed by atoms with Gasteiger partial charge in [0.1, 0.15) is 5.76 Å². The standard InChI is InChI=1S/C17H16ClNO5/c18-12-4-2-1-3-11(12)13-5-6-14(24-13)15(20)19-9-7-17(23,8-10-19)16(21)22/h1-6,23H,7-10H2,(H,21,22). The van der Waals surface area contributed by atoms with Crippen LogP contribution in [0, 0.1) is 0 Å². The van der Waals surface area contributed by atoms with Crippen LogP contribution in [0.15, 0.2) is 40.8 Å². The average molecular weight is 350 g/mol. The molecule has 0 aliphatic carbocycles. The van der Waals surface area contributed by atoms with Crippen molar-refractivity contribution in [2.75, 3.05) is 13.1 Å². The molecule has 0 unspecified atom stereocenters. The number of carboxylic acids is 1. The molecule has 1 fully saturated rings. The summed E-state index contributed by atoms with van der Waals surface area (Å²) in [5.74, 6) is -0.942. The second-order valence-electron chi connectivity index (χ2n) is 5.77. The van der Waals surface area contributed by atoms with E-state index < -0.39 is 11.6 Å². The number of hydrogen-bond acceptors (Lipinski definition) is 4. The van der Waals surface area contributed by atoms with Gasteiger partial charge in [-0.2, -0.15) is 0 Å². The molecule has 7 heteroatoms. The number of aliphatic hydroxyl groups is 1. The first-order chi connectivity index (χ1) is 11.4. The maximum atomic E-state index is 12.5. The van der Waals surface area contributed by atoms with Crippen LogP contribution in [-0.4, -0.2) is 45.7 Å². The quantitative estimate of drug-likeness (QED) is 0.889. The SMILES string of the molecule is O=C(c1ccc(-c2ccccc2Cl)o1)N1CCC(O)(C(=O)O)CC1. The number of furan rings is 1. The van der Waals surface area contributed by atoms with Crippen molar-refractivity contribution >= 4 is 23.5 Å². The van der Waals surface area contributed by atoms with Crippen molar-refractivity contribution < 1.29 is 24.2 Å². The average Bonchev–Trinajstić information content (AvgIpc) is 3.05. The van der Waals surface area contributed by atoms with Gasteiger partial charge in [0, 0.05) is 31.5 Å². The Labute approximate surface area is 143 Å². The Balaban J connectivity index is 1.74. The van der Waals surface area contributed by atoms with Gasteiger partial charge in [0.15, 0.2) is 11.4 Å². The number of rotatable bonds is 3. The fourth-order valence-corrected chi connectivity index (χ4v) is 2.94. The summed E-state index contributed by atoms with van der Waals surface area (Å²) in [5.41, 5.74) is -1.07. The van der Waals surface area contributed by atoms with Crippen LogP contribution in [0.25, 0.3) is 11.3 Å². The van der Waals surface area contributed by atoms with E-state index in [0.29, 0.717) is 16.3 Å². The number of halogens is 1. The molecule has 1 saturated heterocycles. The molecule has 0 saturated carbocycles. The van der Waals surface area contributed by atoms with Gasteiger partial charge < -0.3 is 19.5 Å². The number of nitrogens with zero attached hydrogens (tertiary/aromatic N) is 1. The zero-order valence-electron chi connectivity index (χ0n) is 12.7. The third-order valence-electron chi connectivity index (χ3n) is 4.23. The van der Waals surface area contributed by atoms with Crippen molar-refractivity contribution in [1.82, 2.24) is 4.90 Å². The van der Waals surface area contributed by atoms with Crippen LogP contribution in [0.5, 0.6) is 0 Å². The fourth-order valence-electron chi connectivity index (χ4n) is 2.71. The van der Waals surface area contributed by atoms with E-state index in [1.165, 1.54) is 4.90 Å². The lowest BCUT2D eigenvalue weighted by atomic mass is 9.91. The second kappa shape index (κ2) is 6.30. The highest BCUT2D eigenvalue weighted by Crippen LogP contribution is 2.30. The minimum Gasteiger partial charge on any atom is -0.479 e. The van der Waals surface area contributed by atoms with Crippen molar-refractivity contribution in [2.45, 2.75) is 18.4 Å². The van der Waals surface area contributed by atoms with Crippen molar-refractivity contribution in [2.24, 2.45) is 0 Å². The minimum absolute atomic E-state index is 0.00779. The largest absolute Gasteiger partial charge is 0.479 e. The van der Waals surface area contributed by atoms with Crippen molar-refractivity contribution in [1.29, 1.82) is 0 Å². The van der Waals surface area contributed by atoms with E-state index in [-0.39, 0.29) is 37.6 Å². The van der Waals surface area contributed by atoms with Crippen molar-refractivity contribution in [3.8, 4) is 11.3 Å². The number of piperidine rings is 1. The van der Waals surface area contributed by atoms with Gasteiger partial charge in [-0.15, -0.1) is 0 Å². The Kier molecular flexibility index (Phi) is 4.34. The third kappa shape index (κ3) is 3.02. The summed E-state index contributed by atoms with van der Waals surface area (Å²) < 4.78 is 5.61. The number of carbonyl (C=O) groups is 2. The Morgan fingerprint density at radius 2 is 1.79 bits per heavy atom. The van der Waals surface area contributed by atoms with E-state index in [9.17, 15) is 14.7 Å². The molecule has 2 N–H and O–H groups in total. The van der Waals surface area contributed by atoms with Crippen LogP contribution >= 0.6 is 11.6 Å². The molecular formula is C17H16ClNO5. The zero-order valence-corrected chi connectivity index (χ0v) is 13.5. The van der Waals surface area contributed by atoms with E-state index in [1.807, 2.05) is 6.07 Å². The third-order valence-corrected chi connectivity index (χ3v) is 4.56. The Morgan fingerprint density at radius 1 is 1.12 bits per heavy atom. The van der Waals surface area contributed by atoms with Crippen LogP contribution in [0.3, 0.4) is 0 Å². The highest BCUT2D eigenvalue weighted by atomic mass is 35.5. The molecule has 6 nitrogen and oxygen atoms in total. The predicted octanol–water partition coefficient (Wildman–Crippen LogP) is 2.65. The lowest BCUT2D eigenvalue weighted by Crippen LogP contribution is -2.50. The topological polar surface area (TPSA) is 91.0 Å². The second-order valence-corrected chi connectivity index (χ2v) is 6.18. The molecule has 3 rings (SSSR count). The summed E-state index contributed by atoms with van der Waals surface area (Å²) >= 11 is 6.12. The number of carboxylic acid groups (broad SMARTS) is 1. The Hall–Kier alpha value is -2.31. The van der Waals surface area contributed by atoms with Gasteiger partial charge in [0.05, 0.1) is 5.02 Å². The molecule has 24 heavy (non-hydrogen) atoms. The van der Waals surface area contributed by atoms with Gasteiger partial charge in [-0.25, -0.2) is 4.79 Å². The summed E-state index contributed by atoms with van der Waals surface area (Å²) in [6.45, 7) is 0.313. The van der Waals surface area contributed by atoms with Crippen LogP contribution in [0.2, 0.25) is 5.02 Å². The summed E-state index contributed by atoms with van der Waals surface area (Å²) in [6, 6.07) is 10.4. The number of benzene rings is 1. The molecule has 0 bridgehead atoms.